The lowest BCUT2D eigenvalue weighted by Crippen LogP contribution is -2.05. The fourth-order valence-electron chi connectivity index (χ4n) is 1.61. The molecule has 0 spiro atoms. The predicted molar refractivity (Wildman–Crippen MR) is 74.5 cm³/mol. The Bertz CT molecular complexity index is 457. The van der Waals surface area contributed by atoms with Gasteiger partial charge in [0.2, 0.25) is 0 Å². The standard InChI is InChI=1S/C14H18O4S/c1-10-6-4-7-11(14(16)18-3)13(10)19-9-5-8-12(15)17-2/h4,6-7H,5,8-9H2,1-3H3. The smallest absolute Gasteiger partial charge is 0.339 e. The van der Waals surface area contributed by atoms with Gasteiger partial charge in [0.05, 0.1) is 19.8 Å². The summed E-state index contributed by atoms with van der Waals surface area (Å²) in [5.41, 5.74) is 1.61. The fourth-order valence-corrected chi connectivity index (χ4v) is 2.70. The molecule has 0 aliphatic rings. The van der Waals surface area contributed by atoms with Gasteiger partial charge in [-0.15, -0.1) is 11.8 Å². The first-order valence-corrected chi connectivity index (χ1v) is 6.96. The predicted octanol–water partition coefficient (Wildman–Crippen LogP) is 2.83. The number of ether oxygens (including phenoxy) is 2. The van der Waals surface area contributed by atoms with Crippen LogP contribution in [0.3, 0.4) is 0 Å². The monoisotopic (exact) mass is 282 g/mol. The first-order valence-electron chi connectivity index (χ1n) is 5.97. The Kier molecular flexibility index (Phi) is 6.42. The van der Waals surface area contributed by atoms with Crippen LogP contribution in [0.2, 0.25) is 0 Å². The molecule has 0 fully saturated rings. The number of rotatable bonds is 6. The first-order chi connectivity index (χ1) is 9.10. The molecule has 19 heavy (non-hydrogen) atoms. The van der Waals surface area contributed by atoms with Gasteiger partial charge >= 0.3 is 11.9 Å². The van der Waals surface area contributed by atoms with E-state index in [0.29, 0.717) is 18.4 Å². The molecule has 5 heteroatoms. The Balaban J connectivity index is 2.66. The maximum absolute atomic E-state index is 11.7. The van der Waals surface area contributed by atoms with Crippen molar-refractivity contribution in [2.75, 3.05) is 20.0 Å². The maximum Gasteiger partial charge on any atom is 0.339 e. The van der Waals surface area contributed by atoms with Crippen molar-refractivity contribution in [2.45, 2.75) is 24.7 Å². The summed E-state index contributed by atoms with van der Waals surface area (Å²) in [6.45, 7) is 1.95. The molecule has 0 aliphatic carbocycles. The van der Waals surface area contributed by atoms with Crippen LogP contribution in [0.25, 0.3) is 0 Å². The third-order valence-corrected chi connectivity index (χ3v) is 3.94. The summed E-state index contributed by atoms with van der Waals surface area (Å²) in [6, 6.07) is 5.54. The normalized spacial score (nSPS) is 10.1. The third kappa shape index (κ3) is 4.59. The number of benzene rings is 1. The van der Waals surface area contributed by atoms with Gasteiger partial charge in [-0.1, -0.05) is 12.1 Å². The number of hydrogen-bond donors (Lipinski definition) is 0. The molecule has 0 radical (unpaired) electrons. The van der Waals surface area contributed by atoms with E-state index in [4.69, 9.17) is 4.74 Å². The van der Waals surface area contributed by atoms with E-state index in [1.54, 1.807) is 17.8 Å². The summed E-state index contributed by atoms with van der Waals surface area (Å²) in [5.74, 6) is 0.210. The van der Waals surface area contributed by atoms with E-state index in [1.165, 1.54) is 14.2 Å². The van der Waals surface area contributed by atoms with Gasteiger partial charge in [0.15, 0.2) is 0 Å². The van der Waals surface area contributed by atoms with Crippen LogP contribution in [-0.4, -0.2) is 31.9 Å². The molecule has 4 nitrogen and oxygen atoms in total. The van der Waals surface area contributed by atoms with E-state index in [1.807, 2.05) is 19.1 Å². The zero-order valence-electron chi connectivity index (χ0n) is 11.4. The molecule has 0 atom stereocenters. The average molecular weight is 282 g/mol. The van der Waals surface area contributed by atoms with Crippen LogP contribution in [-0.2, 0) is 14.3 Å². The summed E-state index contributed by atoms with van der Waals surface area (Å²) in [5, 5.41) is 0. The summed E-state index contributed by atoms with van der Waals surface area (Å²) >= 11 is 1.56. The van der Waals surface area contributed by atoms with E-state index in [0.717, 1.165) is 16.2 Å². The number of carbonyl (C=O) groups excluding carboxylic acids is 2. The van der Waals surface area contributed by atoms with E-state index < -0.39 is 0 Å². The Morgan fingerprint density at radius 3 is 2.58 bits per heavy atom. The first kappa shape index (κ1) is 15.6. The number of esters is 2. The van der Waals surface area contributed by atoms with Crippen molar-refractivity contribution in [1.82, 2.24) is 0 Å². The maximum atomic E-state index is 11.7. The summed E-state index contributed by atoms with van der Waals surface area (Å²) in [7, 11) is 2.75. The fraction of sp³-hybridized carbons (Fsp3) is 0.429. The largest absolute Gasteiger partial charge is 0.469 e. The Morgan fingerprint density at radius 2 is 1.95 bits per heavy atom. The van der Waals surface area contributed by atoms with Gasteiger partial charge in [0.25, 0.3) is 0 Å². The average Bonchev–Trinajstić information content (AvgIpc) is 2.43. The molecule has 1 aromatic rings. The lowest BCUT2D eigenvalue weighted by molar-refractivity contribution is -0.140. The van der Waals surface area contributed by atoms with E-state index >= 15 is 0 Å². The van der Waals surface area contributed by atoms with E-state index in [9.17, 15) is 9.59 Å². The molecule has 0 saturated carbocycles. The summed E-state index contributed by atoms with van der Waals surface area (Å²) in [4.78, 5) is 23.6. The van der Waals surface area contributed by atoms with E-state index in [2.05, 4.69) is 4.74 Å². The van der Waals surface area contributed by atoms with Crippen molar-refractivity contribution in [3.63, 3.8) is 0 Å². The molecule has 0 unspecified atom stereocenters. The summed E-state index contributed by atoms with van der Waals surface area (Å²) < 4.78 is 9.35. The van der Waals surface area contributed by atoms with E-state index in [-0.39, 0.29) is 11.9 Å². The zero-order chi connectivity index (χ0) is 14.3. The highest BCUT2D eigenvalue weighted by Crippen LogP contribution is 2.28. The van der Waals surface area contributed by atoms with Crippen molar-refractivity contribution in [1.29, 1.82) is 0 Å². The van der Waals surface area contributed by atoms with Gasteiger partial charge in [-0.25, -0.2) is 4.79 Å². The topological polar surface area (TPSA) is 52.6 Å². The minimum Gasteiger partial charge on any atom is -0.469 e. The van der Waals surface area contributed by atoms with Gasteiger partial charge in [0.1, 0.15) is 0 Å². The van der Waals surface area contributed by atoms with Gasteiger partial charge in [-0.2, -0.15) is 0 Å². The second kappa shape index (κ2) is 7.84. The number of hydrogen-bond acceptors (Lipinski definition) is 5. The molecule has 0 aromatic heterocycles. The lowest BCUT2D eigenvalue weighted by atomic mass is 10.1. The second-order valence-electron chi connectivity index (χ2n) is 3.97. The molecular weight excluding hydrogens is 264 g/mol. The van der Waals surface area contributed by atoms with Crippen molar-refractivity contribution >= 4 is 23.7 Å². The molecule has 0 bridgehead atoms. The highest BCUT2D eigenvalue weighted by Gasteiger charge is 2.13. The molecular formula is C14H18O4S. The molecule has 1 aromatic carbocycles. The SMILES string of the molecule is COC(=O)CCCSc1c(C)cccc1C(=O)OC. The molecule has 0 saturated heterocycles. The van der Waals surface area contributed by atoms with Crippen molar-refractivity contribution < 1.29 is 19.1 Å². The molecule has 0 aliphatic heterocycles. The van der Waals surface area contributed by atoms with Crippen molar-refractivity contribution in [3.8, 4) is 0 Å². The highest BCUT2D eigenvalue weighted by atomic mass is 32.2. The quantitative estimate of drug-likeness (QED) is 0.456. The zero-order valence-corrected chi connectivity index (χ0v) is 12.2. The Morgan fingerprint density at radius 1 is 1.21 bits per heavy atom. The van der Waals surface area contributed by atoms with Crippen LogP contribution in [0, 0.1) is 6.92 Å². The third-order valence-electron chi connectivity index (χ3n) is 2.62. The van der Waals surface area contributed by atoms with Crippen molar-refractivity contribution in [3.05, 3.63) is 29.3 Å². The van der Waals surface area contributed by atoms with Gasteiger partial charge < -0.3 is 9.47 Å². The van der Waals surface area contributed by atoms with Gasteiger partial charge in [0, 0.05) is 11.3 Å². The molecule has 0 N–H and O–H groups in total. The van der Waals surface area contributed by atoms with Crippen LogP contribution in [0.5, 0.6) is 0 Å². The van der Waals surface area contributed by atoms with Crippen LogP contribution < -0.4 is 0 Å². The van der Waals surface area contributed by atoms with Crippen LogP contribution >= 0.6 is 11.8 Å². The Hall–Kier alpha value is -1.49. The summed E-state index contributed by atoms with van der Waals surface area (Å²) in [6.07, 6.45) is 1.11. The second-order valence-corrected chi connectivity index (χ2v) is 5.08. The lowest BCUT2D eigenvalue weighted by Gasteiger charge is -2.10. The molecule has 0 heterocycles. The number of aryl methyl sites for hydroxylation is 1. The Labute approximate surface area is 117 Å². The minimum atomic E-state index is -0.334. The highest BCUT2D eigenvalue weighted by molar-refractivity contribution is 7.99. The molecule has 0 amide bonds. The van der Waals surface area contributed by atoms with Crippen LogP contribution in [0.4, 0.5) is 0 Å². The van der Waals surface area contributed by atoms with Gasteiger partial charge in [-0.05, 0) is 30.7 Å². The van der Waals surface area contributed by atoms with Crippen LogP contribution in [0.1, 0.15) is 28.8 Å². The molecule has 1 rings (SSSR count). The van der Waals surface area contributed by atoms with Gasteiger partial charge in [-0.3, -0.25) is 4.79 Å². The number of methoxy groups -OCH3 is 2. The minimum absolute atomic E-state index is 0.210. The van der Waals surface area contributed by atoms with Crippen molar-refractivity contribution in [2.24, 2.45) is 0 Å². The number of thioether (sulfide) groups is 1. The molecule has 104 valence electrons. The van der Waals surface area contributed by atoms with Crippen LogP contribution in [0.15, 0.2) is 23.1 Å². The number of carbonyl (C=O) groups is 2.